The van der Waals surface area contributed by atoms with Crippen LogP contribution < -0.4 is 4.90 Å². The molecule has 3 aromatic rings. The molecule has 1 saturated heterocycles. The number of benzene rings is 3. The molecule has 0 saturated carbocycles. The lowest BCUT2D eigenvalue weighted by molar-refractivity contribution is -0.113. The lowest BCUT2D eigenvalue weighted by atomic mass is 10.1. The number of carbonyl (C=O) groups is 1. The van der Waals surface area contributed by atoms with Crippen molar-refractivity contribution in [1.82, 2.24) is 0 Å². The van der Waals surface area contributed by atoms with Crippen molar-refractivity contribution in [1.29, 1.82) is 0 Å². The van der Waals surface area contributed by atoms with Gasteiger partial charge < -0.3 is 0 Å². The average Bonchev–Trinajstić information content (AvgIpc) is 3.04. The Bertz CT molecular complexity index is 1170. The number of hydrogen-bond acceptors (Lipinski definition) is 3. The van der Waals surface area contributed by atoms with Crippen molar-refractivity contribution >= 4 is 63.5 Å². The zero-order valence-electron chi connectivity index (χ0n) is 16.4. The molecule has 1 heterocycles. The molecule has 0 aromatic heterocycles. The van der Waals surface area contributed by atoms with Gasteiger partial charge in [-0.25, -0.2) is 4.99 Å². The van der Waals surface area contributed by atoms with Crippen LogP contribution in [0.2, 0.25) is 10.0 Å². The van der Waals surface area contributed by atoms with Crippen LogP contribution >= 0.6 is 35.0 Å². The van der Waals surface area contributed by atoms with Crippen molar-refractivity contribution in [3.8, 4) is 0 Å². The van der Waals surface area contributed by atoms with E-state index < -0.39 is 0 Å². The summed E-state index contributed by atoms with van der Waals surface area (Å²) in [5.74, 6) is -0.146. The summed E-state index contributed by atoms with van der Waals surface area (Å²) in [5, 5.41) is 1.48. The predicted molar refractivity (Wildman–Crippen MR) is 129 cm³/mol. The third kappa shape index (κ3) is 4.04. The third-order valence-corrected chi connectivity index (χ3v) is 6.54. The molecular weight excluding hydrogens is 435 g/mol. The van der Waals surface area contributed by atoms with E-state index in [0.717, 1.165) is 22.5 Å². The largest absolute Gasteiger partial charge is 0.271 e. The Labute approximate surface area is 190 Å². The minimum absolute atomic E-state index is 0.146. The summed E-state index contributed by atoms with van der Waals surface area (Å²) in [5.41, 5.74) is 4.44. The summed E-state index contributed by atoms with van der Waals surface area (Å²) < 4.78 is 0. The van der Waals surface area contributed by atoms with Gasteiger partial charge in [0.25, 0.3) is 5.91 Å². The predicted octanol–water partition coefficient (Wildman–Crippen LogP) is 7.42. The van der Waals surface area contributed by atoms with Crippen molar-refractivity contribution in [2.75, 3.05) is 4.90 Å². The van der Waals surface area contributed by atoms with Gasteiger partial charge in [-0.1, -0.05) is 71.7 Å². The van der Waals surface area contributed by atoms with E-state index in [1.165, 1.54) is 11.8 Å². The topological polar surface area (TPSA) is 32.7 Å². The van der Waals surface area contributed by atoms with Gasteiger partial charge in [0.2, 0.25) is 0 Å². The fraction of sp³-hybridized carbons (Fsp3) is 0.0833. The molecule has 0 radical (unpaired) electrons. The second-order valence-corrected chi connectivity index (χ2v) is 8.66. The first kappa shape index (κ1) is 20.7. The molecule has 30 heavy (non-hydrogen) atoms. The lowest BCUT2D eigenvalue weighted by Crippen LogP contribution is -2.28. The Morgan fingerprint density at radius 2 is 1.57 bits per heavy atom. The van der Waals surface area contributed by atoms with Gasteiger partial charge >= 0.3 is 0 Å². The number of thioether (sulfide) groups is 1. The van der Waals surface area contributed by atoms with Crippen molar-refractivity contribution in [3.05, 3.63) is 98.4 Å². The van der Waals surface area contributed by atoms with Gasteiger partial charge in [0.1, 0.15) is 0 Å². The summed E-state index contributed by atoms with van der Waals surface area (Å²) in [6, 6.07) is 20.9. The van der Waals surface area contributed by atoms with E-state index in [1.54, 1.807) is 17.0 Å². The first-order valence-corrected chi connectivity index (χ1v) is 10.9. The van der Waals surface area contributed by atoms with E-state index in [4.69, 9.17) is 28.2 Å². The second-order valence-electron chi connectivity index (χ2n) is 6.86. The maximum atomic E-state index is 13.4. The molecule has 1 aliphatic rings. The highest BCUT2D eigenvalue weighted by atomic mass is 35.5. The molecule has 3 nitrogen and oxygen atoms in total. The van der Waals surface area contributed by atoms with Crippen LogP contribution in [0.1, 0.15) is 16.7 Å². The number of aryl methyl sites for hydroxylation is 2. The number of amidine groups is 1. The molecule has 150 valence electrons. The quantitative estimate of drug-likeness (QED) is 0.387. The Hall–Kier alpha value is -2.53. The van der Waals surface area contributed by atoms with Crippen LogP contribution in [0.15, 0.2) is 76.6 Å². The number of rotatable bonds is 3. The van der Waals surface area contributed by atoms with Crippen LogP contribution in [0.25, 0.3) is 6.08 Å². The summed E-state index contributed by atoms with van der Waals surface area (Å²) >= 11 is 13.8. The van der Waals surface area contributed by atoms with Gasteiger partial charge in [0.15, 0.2) is 5.17 Å². The first-order valence-electron chi connectivity index (χ1n) is 9.33. The van der Waals surface area contributed by atoms with E-state index in [0.29, 0.717) is 25.7 Å². The highest BCUT2D eigenvalue weighted by Crippen LogP contribution is 2.39. The number of hydrogen-bond donors (Lipinski definition) is 0. The second kappa shape index (κ2) is 8.68. The molecule has 3 aromatic carbocycles. The van der Waals surface area contributed by atoms with Crippen LogP contribution in [0.4, 0.5) is 11.4 Å². The van der Waals surface area contributed by atoms with Crippen LogP contribution in [-0.4, -0.2) is 11.1 Å². The van der Waals surface area contributed by atoms with Crippen molar-refractivity contribution in [2.45, 2.75) is 13.8 Å². The number of anilines is 1. The molecule has 0 spiro atoms. The Morgan fingerprint density at radius 1 is 0.900 bits per heavy atom. The number of aliphatic imine (C=N–C) groups is 1. The van der Waals surface area contributed by atoms with E-state index in [-0.39, 0.29) is 5.91 Å². The molecule has 0 atom stereocenters. The smallest absolute Gasteiger partial charge is 0.268 e. The molecular formula is C24H18Cl2N2OS. The highest BCUT2D eigenvalue weighted by molar-refractivity contribution is 8.19. The number of halogens is 2. The Balaban J connectivity index is 1.84. The summed E-state index contributed by atoms with van der Waals surface area (Å²) in [6.45, 7) is 4.03. The molecule has 0 N–H and O–H groups in total. The molecule has 1 fully saturated rings. The van der Waals surface area contributed by atoms with Gasteiger partial charge in [0.05, 0.1) is 26.3 Å². The van der Waals surface area contributed by atoms with Crippen LogP contribution in [0.3, 0.4) is 0 Å². The zero-order chi connectivity index (χ0) is 21.3. The van der Waals surface area contributed by atoms with E-state index in [2.05, 4.69) is 0 Å². The normalized spacial score (nSPS) is 16.7. The van der Waals surface area contributed by atoms with E-state index in [9.17, 15) is 4.79 Å². The van der Waals surface area contributed by atoms with Crippen molar-refractivity contribution in [2.24, 2.45) is 4.99 Å². The first-order chi connectivity index (χ1) is 14.5. The SMILES string of the molecule is Cc1cccc(C)c1N=C1S/C(=C\c2cccc(Cl)c2Cl)C(=O)N1c1ccccc1. The molecule has 6 heteroatoms. The van der Waals surface area contributed by atoms with Gasteiger partial charge in [0, 0.05) is 0 Å². The molecule has 1 amide bonds. The van der Waals surface area contributed by atoms with Crippen LogP contribution in [0.5, 0.6) is 0 Å². The van der Waals surface area contributed by atoms with Gasteiger partial charge in [-0.3, -0.25) is 9.69 Å². The maximum Gasteiger partial charge on any atom is 0.271 e. The van der Waals surface area contributed by atoms with Gasteiger partial charge in [-0.15, -0.1) is 0 Å². The number of carbonyl (C=O) groups excluding carboxylic acids is 1. The standard InChI is InChI=1S/C24H18Cl2N2OS/c1-15-8-6-9-16(2)22(15)27-24-28(18-11-4-3-5-12-18)23(29)20(30-24)14-17-10-7-13-19(25)21(17)26/h3-14H,1-2H3/b20-14-,27-24?. The molecule has 0 unspecified atom stereocenters. The number of nitrogens with zero attached hydrogens (tertiary/aromatic N) is 2. The third-order valence-electron chi connectivity index (χ3n) is 4.74. The number of amides is 1. The van der Waals surface area contributed by atoms with Crippen LogP contribution in [0, 0.1) is 13.8 Å². The monoisotopic (exact) mass is 452 g/mol. The Kier molecular flexibility index (Phi) is 6.00. The van der Waals surface area contributed by atoms with Gasteiger partial charge in [-0.2, -0.15) is 0 Å². The molecule has 0 aliphatic carbocycles. The molecule has 1 aliphatic heterocycles. The maximum absolute atomic E-state index is 13.4. The summed E-state index contributed by atoms with van der Waals surface area (Å²) in [7, 11) is 0. The van der Waals surface area contributed by atoms with Gasteiger partial charge in [-0.05, 0) is 66.6 Å². The van der Waals surface area contributed by atoms with Crippen molar-refractivity contribution in [3.63, 3.8) is 0 Å². The molecule has 4 rings (SSSR count). The zero-order valence-corrected chi connectivity index (χ0v) is 18.7. The fourth-order valence-electron chi connectivity index (χ4n) is 3.20. The fourth-order valence-corrected chi connectivity index (χ4v) is 4.54. The highest BCUT2D eigenvalue weighted by Gasteiger charge is 2.35. The van der Waals surface area contributed by atoms with E-state index in [1.807, 2.05) is 74.5 Å². The average molecular weight is 453 g/mol. The summed E-state index contributed by atoms with van der Waals surface area (Å²) in [6.07, 6.45) is 1.77. The molecule has 0 bridgehead atoms. The Morgan fingerprint density at radius 3 is 2.27 bits per heavy atom. The van der Waals surface area contributed by atoms with E-state index >= 15 is 0 Å². The lowest BCUT2D eigenvalue weighted by Gasteiger charge is -2.16. The minimum atomic E-state index is -0.146. The van der Waals surface area contributed by atoms with Crippen molar-refractivity contribution < 1.29 is 4.79 Å². The van der Waals surface area contributed by atoms with Crippen LogP contribution in [-0.2, 0) is 4.79 Å². The minimum Gasteiger partial charge on any atom is -0.268 e. The number of para-hydroxylation sites is 2. The summed E-state index contributed by atoms with van der Waals surface area (Å²) in [4.78, 5) is 20.4.